The first-order valence-electron chi connectivity index (χ1n) is 10.3. The number of alkyl halides is 3. The Bertz CT molecular complexity index is 1310. The molecule has 1 atom stereocenters. The monoisotopic (exact) mass is 515 g/mol. The number of hydrogen-bond donors (Lipinski definition) is 2. The minimum atomic E-state index is -4.66. The van der Waals surface area contributed by atoms with E-state index in [9.17, 15) is 27.6 Å². The van der Waals surface area contributed by atoms with E-state index in [2.05, 4.69) is 10.6 Å². The number of amides is 2. The van der Waals surface area contributed by atoms with Gasteiger partial charge in [-0.05, 0) is 42.5 Å². The molecule has 7 nitrogen and oxygen atoms in total. The van der Waals surface area contributed by atoms with Crippen molar-refractivity contribution < 1.29 is 32.3 Å². The van der Waals surface area contributed by atoms with Crippen LogP contribution in [0.3, 0.4) is 0 Å². The van der Waals surface area contributed by atoms with Crippen molar-refractivity contribution in [1.82, 2.24) is 0 Å². The maximum absolute atomic E-state index is 13.1. The number of ether oxygens (including phenoxy) is 1. The Hall–Kier alpha value is -4.36. The smallest absolute Gasteiger partial charge is 0.416 e. The van der Waals surface area contributed by atoms with Gasteiger partial charge >= 0.3 is 12.1 Å². The number of nitrogens with one attached hydrogen (secondary N) is 2. The van der Waals surface area contributed by atoms with E-state index in [1.165, 1.54) is 36.4 Å². The van der Waals surface area contributed by atoms with Crippen LogP contribution in [-0.2, 0) is 20.5 Å². The van der Waals surface area contributed by atoms with Gasteiger partial charge in [-0.2, -0.15) is 18.4 Å². The summed E-state index contributed by atoms with van der Waals surface area (Å²) in [7, 11) is 0. The zero-order valence-corrected chi connectivity index (χ0v) is 19.1. The number of carbonyl (C=O) groups excluding carboxylic acids is 3. The fourth-order valence-electron chi connectivity index (χ4n) is 3.04. The van der Waals surface area contributed by atoms with Crippen LogP contribution in [0.5, 0.6) is 0 Å². The van der Waals surface area contributed by atoms with E-state index in [1.54, 1.807) is 24.3 Å². The first-order valence-corrected chi connectivity index (χ1v) is 10.7. The Morgan fingerprint density at radius 2 is 1.64 bits per heavy atom. The maximum atomic E-state index is 13.1. The highest BCUT2D eigenvalue weighted by Gasteiger charge is 2.32. The third kappa shape index (κ3) is 6.84. The van der Waals surface area contributed by atoms with E-state index in [0.717, 1.165) is 12.1 Å². The Kier molecular flexibility index (Phi) is 8.30. The number of halogens is 4. The van der Waals surface area contributed by atoms with Crippen molar-refractivity contribution in [2.75, 3.05) is 10.6 Å². The van der Waals surface area contributed by atoms with Crippen LogP contribution in [0.15, 0.2) is 72.8 Å². The molecule has 0 unspecified atom stereocenters. The van der Waals surface area contributed by atoms with Crippen LogP contribution in [-0.4, -0.2) is 17.8 Å². The zero-order chi connectivity index (χ0) is 26.3. The minimum absolute atomic E-state index is 0.0408. The quantitative estimate of drug-likeness (QED) is 0.390. The van der Waals surface area contributed by atoms with Crippen molar-refractivity contribution in [3.63, 3.8) is 0 Å². The standard InChI is InChI=1S/C25H17ClF3N3O4/c26-19-11-8-17(25(27,28)29)14-20(19)32-23(34)22(15-4-2-1-3-5-15)36-24(35)16-6-9-18(10-7-16)31-21(33)12-13-30/h1-11,14,22H,12H2,(H,31,33)(H,32,34)/t22-/m0/s1. The molecule has 0 aliphatic carbocycles. The Morgan fingerprint density at radius 1 is 0.972 bits per heavy atom. The highest BCUT2D eigenvalue weighted by Crippen LogP contribution is 2.34. The van der Waals surface area contributed by atoms with E-state index < -0.39 is 35.6 Å². The molecule has 0 radical (unpaired) electrons. The van der Waals surface area contributed by atoms with Gasteiger partial charge in [-0.15, -0.1) is 0 Å². The number of nitrogens with zero attached hydrogens (tertiary/aromatic N) is 1. The molecule has 0 fully saturated rings. The van der Waals surface area contributed by atoms with Gasteiger partial charge in [0.25, 0.3) is 5.91 Å². The molecule has 0 aliphatic rings. The lowest BCUT2D eigenvalue weighted by Crippen LogP contribution is -2.26. The van der Waals surface area contributed by atoms with E-state index in [4.69, 9.17) is 21.6 Å². The van der Waals surface area contributed by atoms with Gasteiger partial charge in [0.2, 0.25) is 12.0 Å². The third-order valence-corrected chi connectivity index (χ3v) is 5.09. The Morgan fingerprint density at radius 3 is 2.25 bits per heavy atom. The SMILES string of the molecule is N#CCC(=O)Nc1ccc(C(=O)O[C@H](C(=O)Nc2cc(C(F)(F)F)ccc2Cl)c2ccccc2)cc1. The lowest BCUT2D eigenvalue weighted by Gasteiger charge is -2.19. The van der Waals surface area contributed by atoms with Crippen LogP contribution in [0.25, 0.3) is 0 Å². The van der Waals surface area contributed by atoms with E-state index >= 15 is 0 Å². The lowest BCUT2D eigenvalue weighted by atomic mass is 10.1. The second-order valence-corrected chi connectivity index (χ2v) is 7.75. The number of anilines is 2. The average Bonchev–Trinajstić information content (AvgIpc) is 2.84. The summed E-state index contributed by atoms with van der Waals surface area (Å²) in [5, 5.41) is 13.2. The molecule has 0 aromatic heterocycles. The summed E-state index contributed by atoms with van der Waals surface area (Å²) < 4.78 is 44.7. The van der Waals surface area contributed by atoms with Gasteiger partial charge in [-0.25, -0.2) is 4.79 Å². The summed E-state index contributed by atoms with van der Waals surface area (Å²) >= 11 is 5.98. The van der Waals surface area contributed by atoms with Crippen molar-refractivity contribution in [3.8, 4) is 6.07 Å². The molecule has 3 rings (SSSR count). The lowest BCUT2D eigenvalue weighted by molar-refractivity contribution is -0.137. The molecule has 0 heterocycles. The molecule has 184 valence electrons. The van der Waals surface area contributed by atoms with Gasteiger partial charge in [0.1, 0.15) is 6.42 Å². The van der Waals surface area contributed by atoms with Gasteiger partial charge < -0.3 is 15.4 Å². The fourth-order valence-corrected chi connectivity index (χ4v) is 3.20. The first-order chi connectivity index (χ1) is 17.1. The van der Waals surface area contributed by atoms with E-state index in [0.29, 0.717) is 11.8 Å². The van der Waals surface area contributed by atoms with Crippen molar-refractivity contribution in [3.05, 3.63) is 94.5 Å². The van der Waals surface area contributed by atoms with Crippen molar-refractivity contribution in [2.24, 2.45) is 0 Å². The summed E-state index contributed by atoms with van der Waals surface area (Å²) in [6.07, 6.45) is -6.51. The highest BCUT2D eigenvalue weighted by molar-refractivity contribution is 6.33. The summed E-state index contributed by atoms with van der Waals surface area (Å²) in [5.41, 5.74) is -0.669. The topological polar surface area (TPSA) is 108 Å². The number of rotatable bonds is 7. The van der Waals surface area contributed by atoms with Gasteiger partial charge in [0, 0.05) is 11.3 Å². The highest BCUT2D eigenvalue weighted by atomic mass is 35.5. The van der Waals surface area contributed by atoms with Crippen LogP contribution < -0.4 is 10.6 Å². The predicted octanol–water partition coefficient (Wildman–Crippen LogP) is 5.75. The summed E-state index contributed by atoms with van der Waals surface area (Å²) in [6.45, 7) is 0. The number of benzene rings is 3. The van der Waals surface area contributed by atoms with Crippen LogP contribution in [0.4, 0.5) is 24.5 Å². The van der Waals surface area contributed by atoms with Crippen molar-refractivity contribution in [1.29, 1.82) is 5.26 Å². The number of carbonyl (C=O) groups is 3. The van der Waals surface area contributed by atoms with Gasteiger partial charge in [-0.3, -0.25) is 9.59 Å². The second-order valence-electron chi connectivity index (χ2n) is 7.34. The van der Waals surface area contributed by atoms with Crippen LogP contribution in [0.2, 0.25) is 5.02 Å². The van der Waals surface area contributed by atoms with Crippen LogP contribution >= 0.6 is 11.6 Å². The molecular weight excluding hydrogens is 499 g/mol. The molecule has 0 bridgehead atoms. The second kappa shape index (κ2) is 11.4. The van der Waals surface area contributed by atoms with Crippen molar-refractivity contribution >= 4 is 40.8 Å². The number of esters is 1. The predicted molar refractivity (Wildman–Crippen MR) is 125 cm³/mol. The minimum Gasteiger partial charge on any atom is -0.444 e. The Balaban J connectivity index is 1.82. The molecule has 3 aromatic carbocycles. The van der Waals surface area contributed by atoms with Gasteiger partial charge in [0.05, 0.1) is 27.9 Å². The van der Waals surface area contributed by atoms with Crippen LogP contribution in [0.1, 0.15) is 34.0 Å². The molecule has 3 aromatic rings. The molecule has 36 heavy (non-hydrogen) atoms. The number of nitriles is 1. The molecule has 0 saturated carbocycles. The summed E-state index contributed by atoms with van der Waals surface area (Å²) in [5.74, 6) is -2.35. The molecular formula is C25H17ClF3N3O4. The van der Waals surface area contributed by atoms with E-state index in [1.807, 2.05) is 0 Å². The van der Waals surface area contributed by atoms with Crippen molar-refractivity contribution in [2.45, 2.75) is 18.7 Å². The van der Waals surface area contributed by atoms with Gasteiger partial charge in [0.15, 0.2) is 0 Å². The van der Waals surface area contributed by atoms with Gasteiger partial charge in [-0.1, -0.05) is 41.9 Å². The number of hydrogen-bond acceptors (Lipinski definition) is 5. The molecule has 0 saturated heterocycles. The fraction of sp³-hybridized carbons (Fsp3) is 0.120. The largest absolute Gasteiger partial charge is 0.444 e. The average molecular weight is 516 g/mol. The van der Waals surface area contributed by atoms with E-state index in [-0.39, 0.29) is 28.3 Å². The molecule has 2 amide bonds. The molecule has 0 spiro atoms. The first kappa shape index (κ1) is 26.2. The summed E-state index contributed by atoms with van der Waals surface area (Å²) in [6, 6.07) is 17.6. The normalized spacial score (nSPS) is 11.6. The molecule has 2 N–H and O–H groups in total. The third-order valence-electron chi connectivity index (χ3n) is 4.76. The summed E-state index contributed by atoms with van der Waals surface area (Å²) in [4.78, 5) is 37.3. The zero-order valence-electron chi connectivity index (χ0n) is 18.3. The Labute approximate surface area is 208 Å². The molecule has 11 heteroatoms. The van der Waals surface area contributed by atoms with Crippen LogP contribution in [0, 0.1) is 11.3 Å². The maximum Gasteiger partial charge on any atom is 0.416 e. The molecule has 0 aliphatic heterocycles.